The average Bonchev–Trinajstić information content (AvgIpc) is 2.51. The van der Waals surface area contributed by atoms with E-state index in [1.165, 1.54) is 0 Å². The van der Waals surface area contributed by atoms with E-state index in [2.05, 4.69) is 31.9 Å². The molecule has 0 saturated carbocycles. The van der Waals surface area contributed by atoms with Crippen molar-refractivity contribution in [2.75, 3.05) is 12.4 Å². The lowest BCUT2D eigenvalue weighted by Gasteiger charge is -2.14. The Morgan fingerprint density at radius 3 is 2.79 bits per heavy atom. The van der Waals surface area contributed by atoms with Gasteiger partial charge < -0.3 is 9.32 Å². The van der Waals surface area contributed by atoms with E-state index in [-0.39, 0.29) is 5.91 Å². The predicted molar refractivity (Wildman–Crippen MR) is 61.3 cm³/mol. The lowest BCUT2D eigenvalue weighted by atomic mass is 10.3. The molecule has 0 aliphatic carbocycles. The number of alkyl halides is 1. The average molecular weight is 325 g/mol. The predicted octanol–water partition coefficient (Wildman–Crippen LogP) is 2.79. The third-order valence-electron chi connectivity index (χ3n) is 1.76. The van der Waals surface area contributed by atoms with Gasteiger partial charge in [0, 0.05) is 18.8 Å². The first kappa shape index (κ1) is 11.8. The molecule has 0 fully saturated rings. The molecule has 0 atom stereocenters. The zero-order valence-corrected chi connectivity index (χ0v) is 11.0. The first-order valence-corrected chi connectivity index (χ1v) is 6.09. The summed E-state index contributed by atoms with van der Waals surface area (Å²) in [5.41, 5.74) is 0. The maximum atomic E-state index is 11.4. The van der Waals surface area contributed by atoms with Crippen LogP contribution in [0.3, 0.4) is 0 Å². The molecule has 5 heteroatoms. The van der Waals surface area contributed by atoms with E-state index in [1.807, 2.05) is 12.1 Å². The molecule has 1 heterocycles. The van der Waals surface area contributed by atoms with Crippen LogP contribution in [0, 0.1) is 0 Å². The van der Waals surface area contributed by atoms with E-state index >= 15 is 0 Å². The molecule has 0 radical (unpaired) electrons. The molecule has 14 heavy (non-hydrogen) atoms. The number of carbonyl (C=O) groups excluding carboxylic acids is 1. The van der Waals surface area contributed by atoms with E-state index in [0.717, 1.165) is 5.76 Å². The monoisotopic (exact) mass is 323 g/mol. The highest BCUT2D eigenvalue weighted by atomic mass is 79.9. The van der Waals surface area contributed by atoms with Gasteiger partial charge in [0.2, 0.25) is 5.91 Å². The SMILES string of the molecule is CN(Cc1ccc(Br)o1)C(=O)CCBr. The number of hydrogen-bond donors (Lipinski definition) is 0. The van der Waals surface area contributed by atoms with E-state index in [4.69, 9.17) is 4.42 Å². The van der Waals surface area contributed by atoms with Gasteiger partial charge in [-0.25, -0.2) is 0 Å². The van der Waals surface area contributed by atoms with Gasteiger partial charge in [-0.15, -0.1) is 0 Å². The summed E-state index contributed by atoms with van der Waals surface area (Å²) in [6, 6.07) is 3.67. The number of rotatable bonds is 4. The molecule has 0 unspecified atom stereocenters. The van der Waals surface area contributed by atoms with Gasteiger partial charge in [0.05, 0.1) is 6.54 Å². The number of halogens is 2. The van der Waals surface area contributed by atoms with Crippen molar-refractivity contribution < 1.29 is 9.21 Å². The maximum Gasteiger partial charge on any atom is 0.223 e. The van der Waals surface area contributed by atoms with Crippen molar-refractivity contribution in [3.63, 3.8) is 0 Å². The van der Waals surface area contributed by atoms with E-state index in [1.54, 1.807) is 11.9 Å². The fourth-order valence-corrected chi connectivity index (χ4v) is 1.71. The Kier molecular flexibility index (Phi) is 4.68. The summed E-state index contributed by atoms with van der Waals surface area (Å²) < 4.78 is 5.98. The van der Waals surface area contributed by atoms with Crippen LogP contribution in [0.4, 0.5) is 0 Å². The Balaban J connectivity index is 2.48. The summed E-state index contributed by atoms with van der Waals surface area (Å²) in [4.78, 5) is 13.0. The minimum absolute atomic E-state index is 0.106. The largest absolute Gasteiger partial charge is 0.452 e. The summed E-state index contributed by atoms with van der Waals surface area (Å²) in [7, 11) is 1.77. The van der Waals surface area contributed by atoms with Gasteiger partial charge in [0.25, 0.3) is 0 Å². The van der Waals surface area contributed by atoms with Crippen molar-refractivity contribution in [1.29, 1.82) is 0 Å². The molecule has 0 spiro atoms. The Morgan fingerprint density at radius 1 is 1.57 bits per heavy atom. The van der Waals surface area contributed by atoms with Crippen LogP contribution in [-0.4, -0.2) is 23.2 Å². The second-order valence-corrected chi connectivity index (χ2v) is 4.47. The Morgan fingerprint density at radius 2 is 2.29 bits per heavy atom. The fourth-order valence-electron chi connectivity index (χ4n) is 1.03. The zero-order valence-electron chi connectivity index (χ0n) is 7.80. The van der Waals surface area contributed by atoms with Crippen molar-refractivity contribution in [3.8, 4) is 0 Å². The van der Waals surface area contributed by atoms with Crippen LogP contribution in [0.1, 0.15) is 12.2 Å². The molecule has 0 aliphatic rings. The van der Waals surface area contributed by atoms with Gasteiger partial charge in [-0.05, 0) is 28.1 Å². The summed E-state index contributed by atoms with van der Waals surface area (Å²) in [6.07, 6.45) is 0.512. The standard InChI is InChI=1S/C9H11Br2NO2/c1-12(9(13)4-5-10)6-7-2-3-8(11)14-7/h2-3H,4-6H2,1H3. The Bertz CT molecular complexity index is 312. The van der Waals surface area contributed by atoms with Crippen LogP contribution < -0.4 is 0 Å². The van der Waals surface area contributed by atoms with Crippen molar-refractivity contribution >= 4 is 37.8 Å². The number of furan rings is 1. The van der Waals surface area contributed by atoms with Gasteiger partial charge >= 0.3 is 0 Å². The molecule has 1 aromatic rings. The minimum atomic E-state index is 0.106. The molecule has 0 saturated heterocycles. The Labute approximate surface area is 99.7 Å². The summed E-state index contributed by atoms with van der Waals surface area (Å²) in [5, 5.41) is 0.692. The van der Waals surface area contributed by atoms with Gasteiger partial charge in [0.15, 0.2) is 4.67 Å². The molecule has 1 rings (SSSR count). The molecular formula is C9H11Br2NO2. The summed E-state index contributed by atoms with van der Waals surface area (Å²) in [5.74, 6) is 0.886. The van der Waals surface area contributed by atoms with Crippen LogP contribution >= 0.6 is 31.9 Å². The van der Waals surface area contributed by atoms with E-state index in [9.17, 15) is 4.79 Å². The number of carbonyl (C=O) groups is 1. The fraction of sp³-hybridized carbons (Fsp3) is 0.444. The number of amides is 1. The van der Waals surface area contributed by atoms with Crippen LogP contribution in [0.25, 0.3) is 0 Å². The number of hydrogen-bond acceptors (Lipinski definition) is 2. The molecule has 0 aliphatic heterocycles. The van der Waals surface area contributed by atoms with Crippen LogP contribution in [-0.2, 0) is 11.3 Å². The quantitative estimate of drug-likeness (QED) is 0.798. The van der Waals surface area contributed by atoms with Crippen LogP contribution in [0.15, 0.2) is 21.2 Å². The van der Waals surface area contributed by atoms with Crippen LogP contribution in [0.5, 0.6) is 0 Å². The van der Waals surface area contributed by atoms with Crippen LogP contribution in [0.2, 0.25) is 0 Å². The zero-order chi connectivity index (χ0) is 10.6. The lowest BCUT2D eigenvalue weighted by Crippen LogP contribution is -2.25. The molecule has 78 valence electrons. The van der Waals surface area contributed by atoms with E-state index < -0.39 is 0 Å². The number of nitrogens with zero attached hydrogens (tertiary/aromatic N) is 1. The molecule has 0 bridgehead atoms. The van der Waals surface area contributed by atoms with Crippen molar-refractivity contribution in [2.45, 2.75) is 13.0 Å². The lowest BCUT2D eigenvalue weighted by molar-refractivity contribution is -0.130. The van der Waals surface area contributed by atoms with Crippen molar-refractivity contribution in [3.05, 3.63) is 22.6 Å². The highest BCUT2D eigenvalue weighted by Crippen LogP contribution is 2.15. The molecule has 1 amide bonds. The smallest absolute Gasteiger partial charge is 0.223 e. The van der Waals surface area contributed by atoms with Gasteiger partial charge in [0.1, 0.15) is 5.76 Å². The minimum Gasteiger partial charge on any atom is -0.452 e. The third-order valence-corrected chi connectivity index (χ3v) is 2.58. The summed E-state index contributed by atoms with van der Waals surface area (Å²) in [6.45, 7) is 0.511. The molecule has 3 nitrogen and oxygen atoms in total. The highest BCUT2D eigenvalue weighted by molar-refractivity contribution is 9.10. The second kappa shape index (κ2) is 5.56. The first-order chi connectivity index (χ1) is 6.63. The van der Waals surface area contributed by atoms with Gasteiger partial charge in [-0.1, -0.05) is 15.9 Å². The summed E-state index contributed by atoms with van der Waals surface area (Å²) >= 11 is 6.44. The van der Waals surface area contributed by atoms with Crippen molar-refractivity contribution in [2.24, 2.45) is 0 Å². The normalized spacial score (nSPS) is 10.2. The Hall–Kier alpha value is -0.290. The first-order valence-electron chi connectivity index (χ1n) is 4.17. The highest BCUT2D eigenvalue weighted by Gasteiger charge is 2.10. The van der Waals surface area contributed by atoms with E-state index in [0.29, 0.717) is 23.0 Å². The topological polar surface area (TPSA) is 33.5 Å². The molecule has 1 aromatic heterocycles. The third kappa shape index (κ3) is 3.46. The van der Waals surface area contributed by atoms with Gasteiger partial charge in [-0.3, -0.25) is 4.79 Å². The van der Waals surface area contributed by atoms with Crippen molar-refractivity contribution in [1.82, 2.24) is 4.90 Å². The molecule has 0 aromatic carbocycles. The maximum absolute atomic E-state index is 11.4. The second-order valence-electron chi connectivity index (χ2n) is 2.89. The molecular weight excluding hydrogens is 314 g/mol. The molecule has 0 N–H and O–H groups in total. The van der Waals surface area contributed by atoms with Gasteiger partial charge in [-0.2, -0.15) is 0 Å².